The van der Waals surface area contributed by atoms with Gasteiger partial charge in [-0.05, 0) is 23.6 Å². The maximum atomic E-state index is 12.2. The van der Waals surface area contributed by atoms with Gasteiger partial charge in [-0.3, -0.25) is 9.78 Å². The number of aromatic nitrogens is 2. The van der Waals surface area contributed by atoms with Crippen molar-refractivity contribution in [2.75, 3.05) is 12.4 Å². The minimum atomic E-state index is -0.465. The van der Waals surface area contributed by atoms with Crippen LogP contribution in [0.15, 0.2) is 41.4 Å². The van der Waals surface area contributed by atoms with Crippen LogP contribution in [-0.4, -0.2) is 29.0 Å². The van der Waals surface area contributed by atoms with Crippen molar-refractivity contribution in [2.45, 2.75) is 6.42 Å². The molecule has 8 heteroatoms. The molecule has 1 amide bonds. The number of thiazole rings is 1. The number of carbonyl (C=O) groups is 2. The summed E-state index contributed by atoms with van der Waals surface area (Å²) in [5.41, 5.74) is 2.05. The van der Waals surface area contributed by atoms with Gasteiger partial charge in [0.25, 0.3) is 0 Å². The topological polar surface area (TPSA) is 81.2 Å². The number of amides is 1. The second kappa shape index (κ2) is 7.33. The Morgan fingerprint density at radius 3 is 2.92 bits per heavy atom. The summed E-state index contributed by atoms with van der Waals surface area (Å²) in [5.74, 6) is -0.700. The van der Waals surface area contributed by atoms with Gasteiger partial charge in [-0.15, -0.1) is 22.7 Å². The summed E-state index contributed by atoms with van der Waals surface area (Å²) in [6.45, 7) is 0. The molecule has 3 heterocycles. The van der Waals surface area contributed by atoms with Crippen LogP contribution >= 0.6 is 22.7 Å². The molecule has 122 valence electrons. The molecule has 0 aliphatic rings. The van der Waals surface area contributed by atoms with Gasteiger partial charge in [0, 0.05) is 23.3 Å². The number of hydrogen-bond donors (Lipinski definition) is 1. The van der Waals surface area contributed by atoms with Crippen LogP contribution in [0.25, 0.3) is 10.6 Å². The highest BCUT2D eigenvalue weighted by molar-refractivity contribution is 7.13. The lowest BCUT2D eigenvalue weighted by Gasteiger charge is -2.04. The Kier molecular flexibility index (Phi) is 4.97. The lowest BCUT2D eigenvalue weighted by Crippen LogP contribution is -2.16. The summed E-state index contributed by atoms with van der Waals surface area (Å²) in [4.78, 5) is 32.7. The van der Waals surface area contributed by atoms with E-state index in [2.05, 4.69) is 15.3 Å². The zero-order chi connectivity index (χ0) is 16.9. The number of hydrogen-bond acceptors (Lipinski definition) is 7. The Bertz CT molecular complexity index is 858. The summed E-state index contributed by atoms with van der Waals surface area (Å²) >= 11 is 2.68. The van der Waals surface area contributed by atoms with E-state index in [-0.39, 0.29) is 12.3 Å². The summed E-state index contributed by atoms with van der Waals surface area (Å²) in [6, 6.07) is 5.44. The van der Waals surface area contributed by atoms with E-state index < -0.39 is 5.97 Å². The van der Waals surface area contributed by atoms with Crippen LogP contribution in [0.3, 0.4) is 0 Å². The Hall–Kier alpha value is -2.58. The highest BCUT2D eigenvalue weighted by Crippen LogP contribution is 2.25. The van der Waals surface area contributed by atoms with E-state index in [1.165, 1.54) is 29.8 Å². The predicted molar refractivity (Wildman–Crippen MR) is 93.3 cm³/mol. The summed E-state index contributed by atoms with van der Waals surface area (Å²) in [7, 11) is 1.31. The fourth-order valence-electron chi connectivity index (χ4n) is 2.03. The number of pyridine rings is 1. The predicted octanol–water partition coefficient (Wildman–Crippen LogP) is 3.23. The highest BCUT2D eigenvalue weighted by Gasteiger charge is 2.16. The normalized spacial score (nSPS) is 10.4. The molecule has 0 spiro atoms. The second-order valence-corrected chi connectivity index (χ2v) is 6.54. The summed E-state index contributed by atoms with van der Waals surface area (Å²) in [5, 5.41) is 7.11. The summed E-state index contributed by atoms with van der Waals surface area (Å²) < 4.78 is 4.69. The van der Waals surface area contributed by atoms with E-state index in [0.717, 1.165) is 10.6 Å². The molecule has 0 aliphatic heterocycles. The lowest BCUT2D eigenvalue weighted by molar-refractivity contribution is -0.115. The first-order valence-corrected chi connectivity index (χ1v) is 8.73. The van der Waals surface area contributed by atoms with E-state index in [0.29, 0.717) is 16.3 Å². The van der Waals surface area contributed by atoms with Gasteiger partial charge in [0.15, 0.2) is 0 Å². The molecule has 3 rings (SSSR count). The molecule has 0 bridgehead atoms. The minimum absolute atomic E-state index is 0.132. The standard InChI is InChI=1S/C16H13N3O3S2/c1-22-16(21)14-12(4-6-23-14)19-13(20)7-11-9-24-15(18-11)10-3-2-5-17-8-10/h2-6,8-9H,7H2,1H3,(H,19,20). The van der Waals surface area contributed by atoms with Crippen molar-refractivity contribution in [3.05, 3.63) is 51.9 Å². The van der Waals surface area contributed by atoms with E-state index in [4.69, 9.17) is 4.74 Å². The third-order valence-corrected chi connectivity index (χ3v) is 4.95. The molecule has 1 N–H and O–H groups in total. The van der Waals surface area contributed by atoms with Gasteiger partial charge in [-0.25, -0.2) is 9.78 Å². The van der Waals surface area contributed by atoms with Gasteiger partial charge < -0.3 is 10.1 Å². The fourth-order valence-corrected chi connectivity index (χ4v) is 3.60. The first kappa shape index (κ1) is 16.3. The number of anilines is 1. The Labute approximate surface area is 146 Å². The molecule has 6 nitrogen and oxygen atoms in total. The average molecular weight is 359 g/mol. The molecule has 0 fully saturated rings. The SMILES string of the molecule is COC(=O)c1sccc1NC(=O)Cc1csc(-c2cccnc2)n1. The quantitative estimate of drug-likeness (QED) is 0.707. The zero-order valence-corrected chi connectivity index (χ0v) is 14.3. The van der Waals surface area contributed by atoms with Gasteiger partial charge in [0.2, 0.25) is 5.91 Å². The van der Waals surface area contributed by atoms with Gasteiger partial charge in [0.1, 0.15) is 9.88 Å². The highest BCUT2D eigenvalue weighted by atomic mass is 32.1. The number of nitrogens with zero attached hydrogens (tertiary/aromatic N) is 2. The van der Waals surface area contributed by atoms with Gasteiger partial charge in [-0.1, -0.05) is 0 Å². The van der Waals surface area contributed by atoms with Crippen LogP contribution in [-0.2, 0) is 16.0 Å². The summed E-state index contributed by atoms with van der Waals surface area (Å²) in [6.07, 6.45) is 3.56. The van der Waals surface area contributed by atoms with Gasteiger partial charge in [-0.2, -0.15) is 0 Å². The molecule has 0 saturated heterocycles. The van der Waals surface area contributed by atoms with E-state index in [9.17, 15) is 9.59 Å². The number of esters is 1. The van der Waals surface area contributed by atoms with Gasteiger partial charge in [0.05, 0.1) is 24.9 Å². The maximum absolute atomic E-state index is 12.2. The molecule has 0 aliphatic carbocycles. The number of ether oxygens (including phenoxy) is 1. The zero-order valence-electron chi connectivity index (χ0n) is 12.7. The number of rotatable bonds is 5. The van der Waals surface area contributed by atoms with Crippen molar-refractivity contribution in [1.29, 1.82) is 0 Å². The van der Waals surface area contributed by atoms with Crippen LogP contribution < -0.4 is 5.32 Å². The van der Waals surface area contributed by atoms with Crippen molar-refractivity contribution < 1.29 is 14.3 Å². The molecule has 0 aromatic carbocycles. The van der Waals surface area contributed by atoms with Crippen molar-refractivity contribution in [2.24, 2.45) is 0 Å². The van der Waals surface area contributed by atoms with Crippen molar-refractivity contribution >= 4 is 40.2 Å². The molecule has 3 aromatic heterocycles. The number of nitrogens with one attached hydrogen (secondary N) is 1. The van der Waals surface area contributed by atoms with Crippen LogP contribution in [0.2, 0.25) is 0 Å². The second-order valence-electron chi connectivity index (χ2n) is 4.77. The minimum Gasteiger partial charge on any atom is -0.465 e. The molecule has 0 unspecified atom stereocenters. The smallest absolute Gasteiger partial charge is 0.350 e. The van der Waals surface area contributed by atoms with E-state index in [1.807, 2.05) is 17.5 Å². The molecule has 0 atom stereocenters. The van der Waals surface area contributed by atoms with Crippen LogP contribution in [0.5, 0.6) is 0 Å². The number of methoxy groups -OCH3 is 1. The number of carbonyl (C=O) groups excluding carboxylic acids is 2. The largest absolute Gasteiger partial charge is 0.465 e. The third kappa shape index (κ3) is 3.66. The van der Waals surface area contributed by atoms with E-state index >= 15 is 0 Å². The molecule has 24 heavy (non-hydrogen) atoms. The van der Waals surface area contributed by atoms with E-state index in [1.54, 1.807) is 23.8 Å². The molecule has 0 radical (unpaired) electrons. The molecule has 0 saturated carbocycles. The number of thiophene rings is 1. The maximum Gasteiger partial charge on any atom is 0.350 e. The van der Waals surface area contributed by atoms with Crippen LogP contribution in [0.4, 0.5) is 5.69 Å². The van der Waals surface area contributed by atoms with Gasteiger partial charge >= 0.3 is 5.97 Å². The monoisotopic (exact) mass is 359 g/mol. The Balaban J connectivity index is 1.67. The third-order valence-electron chi connectivity index (χ3n) is 3.11. The fraction of sp³-hybridized carbons (Fsp3) is 0.125. The van der Waals surface area contributed by atoms with Crippen LogP contribution in [0, 0.1) is 0 Å². The first-order chi connectivity index (χ1) is 11.7. The van der Waals surface area contributed by atoms with Crippen molar-refractivity contribution in [3.8, 4) is 10.6 Å². The van der Waals surface area contributed by atoms with Crippen LogP contribution in [0.1, 0.15) is 15.4 Å². The average Bonchev–Trinajstić information content (AvgIpc) is 3.24. The Morgan fingerprint density at radius 1 is 1.29 bits per heavy atom. The first-order valence-electron chi connectivity index (χ1n) is 6.98. The lowest BCUT2D eigenvalue weighted by atomic mass is 10.3. The van der Waals surface area contributed by atoms with Crippen molar-refractivity contribution in [3.63, 3.8) is 0 Å². The molecule has 3 aromatic rings. The molecular formula is C16H13N3O3S2. The van der Waals surface area contributed by atoms with Crippen molar-refractivity contribution in [1.82, 2.24) is 9.97 Å². The Morgan fingerprint density at radius 2 is 2.17 bits per heavy atom. The molecular weight excluding hydrogens is 346 g/mol.